The molecule has 2 aliphatic rings. The molecular formula is C13H21N3O3. The quantitative estimate of drug-likeness (QED) is 0.654. The molecule has 2 rings (SSSR count). The van der Waals surface area contributed by atoms with Gasteiger partial charge >= 0.3 is 6.03 Å². The highest BCUT2D eigenvalue weighted by Crippen LogP contribution is 2.23. The van der Waals surface area contributed by atoms with Crippen molar-refractivity contribution in [2.75, 3.05) is 0 Å². The molecule has 1 heterocycles. The second-order valence-corrected chi connectivity index (χ2v) is 5.49. The van der Waals surface area contributed by atoms with Gasteiger partial charge in [0.25, 0.3) is 5.91 Å². The maximum atomic E-state index is 11.8. The van der Waals surface area contributed by atoms with Crippen LogP contribution < -0.4 is 16.0 Å². The van der Waals surface area contributed by atoms with Gasteiger partial charge in [-0.1, -0.05) is 19.8 Å². The largest absolute Gasteiger partial charge is 0.353 e. The zero-order chi connectivity index (χ0) is 13.8. The zero-order valence-corrected chi connectivity index (χ0v) is 11.2. The molecular weight excluding hydrogens is 246 g/mol. The fourth-order valence-corrected chi connectivity index (χ4v) is 2.75. The SMILES string of the molecule is C[C@@H]1CCCC[C@@H]1NC(=O)CC[C@H]1NC(=O)NC1=O. The molecule has 1 aliphatic carbocycles. The zero-order valence-electron chi connectivity index (χ0n) is 11.2. The predicted octanol–water partition coefficient (Wildman–Crippen LogP) is 0.670. The van der Waals surface area contributed by atoms with E-state index in [-0.39, 0.29) is 24.3 Å². The van der Waals surface area contributed by atoms with Crippen LogP contribution in [0.15, 0.2) is 0 Å². The van der Waals surface area contributed by atoms with E-state index >= 15 is 0 Å². The van der Waals surface area contributed by atoms with E-state index < -0.39 is 12.1 Å². The van der Waals surface area contributed by atoms with Gasteiger partial charge in [0.05, 0.1) is 0 Å². The first-order chi connectivity index (χ1) is 9.06. The van der Waals surface area contributed by atoms with Crippen molar-refractivity contribution in [1.82, 2.24) is 16.0 Å². The number of rotatable bonds is 4. The lowest BCUT2D eigenvalue weighted by Crippen LogP contribution is -2.41. The van der Waals surface area contributed by atoms with Crippen LogP contribution in [-0.2, 0) is 9.59 Å². The van der Waals surface area contributed by atoms with E-state index in [1.54, 1.807) is 0 Å². The van der Waals surface area contributed by atoms with Gasteiger partial charge in [0.1, 0.15) is 6.04 Å². The van der Waals surface area contributed by atoms with E-state index in [9.17, 15) is 14.4 Å². The van der Waals surface area contributed by atoms with Crippen molar-refractivity contribution in [2.24, 2.45) is 5.92 Å². The molecule has 3 atom stereocenters. The van der Waals surface area contributed by atoms with Gasteiger partial charge in [0, 0.05) is 12.5 Å². The molecule has 6 nitrogen and oxygen atoms in total. The smallest absolute Gasteiger partial charge is 0.322 e. The minimum Gasteiger partial charge on any atom is -0.353 e. The number of hydrogen-bond acceptors (Lipinski definition) is 3. The highest BCUT2D eigenvalue weighted by molar-refractivity contribution is 6.04. The minimum atomic E-state index is -0.568. The van der Waals surface area contributed by atoms with Crippen LogP contribution in [0, 0.1) is 5.92 Å². The van der Waals surface area contributed by atoms with Crippen LogP contribution in [0.25, 0.3) is 0 Å². The van der Waals surface area contributed by atoms with Crippen LogP contribution in [0.2, 0.25) is 0 Å². The molecule has 0 radical (unpaired) electrons. The third-order valence-electron chi connectivity index (χ3n) is 3.98. The first-order valence-corrected chi connectivity index (χ1v) is 6.97. The molecule has 2 fully saturated rings. The Hall–Kier alpha value is -1.59. The van der Waals surface area contributed by atoms with Crippen molar-refractivity contribution in [3.63, 3.8) is 0 Å². The van der Waals surface area contributed by atoms with Gasteiger partial charge < -0.3 is 10.6 Å². The van der Waals surface area contributed by atoms with Gasteiger partial charge in [-0.05, 0) is 25.2 Å². The lowest BCUT2D eigenvalue weighted by molar-refractivity contribution is -0.123. The third-order valence-corrected chi connectivity index (χ3v) is 3.98. The normalized spacial score (nSPS) is 30.7. The van der Waals surface area contributed by atoms with Gasteiger partial charge in [-0.2, -0.15) is 0 Å². The van der Waals surface area contributed by atoms with Crippen molar-refractivity contribution >= 4 is 17.8 Å². The molecule has 0 aromatic heterocycles. The molecule has 0 bridgehead atoms. The summed E-state index contributed by atoms with van der Waals surface area (Å²) in [6.07, 6.45) is 5.21. The molecule has 6 heteroatoms. The first kappa shape index (κ1) is 13.8. The number of amides is 4. The Bertz CT molecular complexity index is 383. The second-order valence-electron chi connectivity index (χ2n) is 5.49. The first-order valence-electron chi connectivity index (χ1n) is 6.97. The monoisotopic (exact) mass is 267 g/mol. The van der Waals surface area contributed by atoms with Crippen LogP contribution in [0.5, 0.6) is 0 Å². The summed E-state index contributed by atoms with van der Waals surface area (Å²) in [5, 5.41) is 7.69. The molecule has 4 amide bonds. The van der Waals surface area contributed by atoms with Crippen molar-refractivity contribution < 1.29 is 14.4 Å². The Labute approximate surface area is 112 Å². The standard InChI is InChI=1S/C13H21N3O3/c1-8-4-2-3-5-9(8)14-11(17)7-6-10-12(18)16-13(19)15-10/h8-10H,2-7H2,1H3,(H,14,17)(H2,15,16,18,19)/t8-,9+,10-/m1/s1. The van der Waals surface area contributed by atoms with E-state index in [1.807, 2.05) is 0 Å². The van der Waals surface area contributed by atoms with Crippen LogP contribution in [-0.4, -0.2) is 29.9 Å². The van der Waals surface area contributed by atoms with E-state index in [0.717, 1.165) is 19.3 Å². The summed E-state index contributed by atoms with van der Waals surface area (Å²) < 4.78 is 0. The van der Waals surface area contributed by atoms with E-state index in [0.29, 0.717) is 12.3 Å². The van der Waals surface area contributed by atoms with Crippen molar-refractivity contribution in [3.8, 4) is 0 Å². The molecule has 0 aromatic carbocycles. The number of nitrogens with one attached hydrogen (secondary N) is 3. The third kappa shape index (κ3) is 3.68. The molecule has 0 spiro atoms. The Morgan fingerprint density at radius 1 is 1.32 bits per heavy atom. The number of carbonyl (C=O) groups is 3. The Morgan fingerprint density at radius 3 is 2.68 bits per heavy atom. The van der Waals surface area contributed by atoms with Crippen LogP contribution >= 0.6 is 0 Å². The number of hydrogen-bond donors (Lipinski definition) is 3. The average Bonchev–Trinajstić information content (AvgIpc) is 2.68. The van der Waals surface area contributed by atoms with Crippen molar-refractivity contribution in [1.29, 1.82) is 0 Å². The molecule has 1 saturated heterocycles. The molecule has 106 valence electrons. The summed E-state index contributed by atoms with van der Waals surface area (Å²) in [6, 6.07) is -0.786. The second kappa shape index (κ2) is 6.04. The summed E-state index contributed by atoms with van der Waals surface area (Å²) in [4.78, 5) is 34.1. The van der Waals surface area contributed by atoms with E-state index in [2.05, 4.69) is 22.9 Å². The maximum Gasteiger partial charge on any atom is 0.322 e. The highest BCUT2D eigenvalue weighted by Gasteiger charge is 2.30. The Kier molecular flexibility index (Phi) is 4.39. The van der Waals surface area contributed by atoms with Gasteiger partial charge in [-0.15, -0.1) is 0 Å². The molecule has 1 saturated carbocycles. The summed E-state index contributed by atoms with van der Waals surface area (Å²) in [7, 11) is 0. The fraction of sp³-hybridized carbons (Fsp3) is 0.769. The fourth-order valence-electron chi connectivity index (χ4n) is 2.75. The lowest BCUT2D eigenvalue weighted by atomic mass is 9.86. The number of imide groups is 1. The molecule has 0 unspecified atom stereocenters. The van der Waals surface area contributed by atoms with Gasteiger partial charge in [0.2, 0.25) is 5.91 Å². The molecule has 1 aliphatic heterocycles. The summed E-state index contributed by atoms with van der Waals surface area (Å²) in [5.74, 6) is 0.142. The lowest BCUT2D eigenvalue weighted by Gasteiger charge is -2.29. The minimum absolute atomic E-state index is 0.0345. The summed E-state index contributed by atoms with van der Waals surface area (Å²) in [6.45, 7) is 2.16. The molecule has 0 aromatic rings. The van der Waals surface area contributed by atoms with Crippen LogP contribution in [0.4, 0.5) is 4.79 Å². The van der Waals surface area contributed by atoms with Crippen LogP contribution in [0.3, 0.4) is 0 Å². The maximum absolute atomic E-state index is 11.8. The average molecular weight is 267 g/mol. The molecule has 3 N–H and O–H groups in total. The highest BCUT2D eigenvalue weighted by atomic mass is 16.2. The van der Waals surface area contributed by atoms with E-state index in [1.165, 1.54) is 6.42 Å². The van der Waals surface area contributed by atoms with Crippen molar-refractivity contribution in [3.05, 3.63) is 0 Å². The molecule has 19 heavy (non-hydrogen) atoms. The number of urea groups is 1. The number of carbonyl (C=O) groups excluding carboxylic acids is 3. The van der Waals surface area contributed by atoms with Crippen LogP contribution in [0.1, 0.15) is 45.4 Å². The Morgan fingerprint density at radius 2 is 2.05 bits per heavy atom. The Balaban J connectivity index is 1.72. The van der Waals surface area contributed by atoms with E-state index in [4.69, 9.17) is 0 Å². The topological polar surface area (TPSA) is 87.3 Å². The summed E-state index contributed by atoms with van der Waals surface area (Å²) >= 11 is 0. The summed E-state index contributed by atoms with van der Waals surface area (Å²) in [5.41, 5.74) is 0. The van der Waals surface area contributed by atoms with Gasteiger partial charge in [0.15, 0.2) is 0 Å². The van der Waals surface area contributed by atoms with Gasteiger partial charge in [-0.3, -0.25) is 14.9 Å². The predicted molar refractivity (Wildman–Crippen MR) is 69.3 cm³/mol. The van der Waals surface area contributed by atoms with Gasteiger partial charge in [-0.25, -0.2) is 4.79 Å². The van der Waals surface area contributed by atoms with Crippen molar-refractivity contribution in [2.45, 2.75) is 57.5 Å².